The Kier molecular flexibility index (Phi) is 5.02. The van der Waals surface area contributed by atoms with Crippen LogP contribution in [0.2, 0.25) is 0 Å². The standard InChI is InChI=1S/C20H23N3O2S/c24-18(14-6-7-14)21-12-17-13-26-19(22-17)15-8-10-23(11-9-15)20(25)16-4-2-1-3-5-16/h1-5,13-15H,6-12H2,(H,21,24). The highest BCUT2D eigenvalue weighted by Gasteiger charge is 2.29. The van der Waals surface area contributed by atoms with E-state index in [-0.39, 0.29) is 17.7 Å². The molecular formula is C20H23N3O2S. The van der Waals surface area contributed by atoms with Crippen LogP contribution in [0, 0.1) is 5.92 Å². The third-order valence-corrected chi connectivity index (χ3v) is 6.17. The van der Waals surface area contributed by atoms with Crippen LogP contribution in [-0.4, -0.2) is 34.8 Å². The summed E-state index contributed by atoms with van der Waals surface area (Å²) in [6.07, 6.45) is 3.93. The monoisotopic (exact) mass is 369 g/mol. The molecular weight excluding hydrogens is 346 g/mol. The Balaban J connectivity index is 1.29. The van der Waals surface area contributed by atoms with Crippen molar-refractivity contribution in [3.8, 4) is 0 Å². The highest BCUT2D eigenvalue weighted by Crippen LogP contribution is 2.31. The lowest BCUT2D eigenvalue weighted by Crippen LogP contribution is -2.37. The first kappa shape index (κ1) is 17.2. The number of thiazole rings is 1. The molecule has 1 N–H and O–H groups in total. The normalized spacial score (nSPS) is 17.9. The van der Waals surface area contributed by atoms with Gasteiger partial charge >= 0.3 is 0 Å². The third kappa shape index (κ3) is 3.96. The van der Waals surface area contributed by atoms with Gasteiger partial charge in [-0.15, -0.1) is 11.3 Å². The first-order chi connectivity index (χ1) is 12.7. The molecule has 2 aliphatic rings. The Labute approximate surface area is 157 Å². The lowest BCUT2D eigenvalue weighted by molar-refractivity contribution is -0.122. The molecule has 1 aliphatic carbocycles. The maximum absolute atomic E-state index is 12.5. The van der Waals surface area contributed by atoms with E-state index in [1.807, 2.05) is 40.6 Å². The second-order valence-electron chi connectivity index (χ2n) is 7.10. The SMILES string of the molecule is O=C(NCc1csc(C2CCN(C(=O)c3ccccc3)CC2)n1)C1CC1. The number of hydrogen-bond donors (Lipinski definition) is 1. The Morgan fingerprint density at radius 2 is 1.85 bits per heavy atom. The highest BCUT2D eigenvalue weighted by molar-refractivity contribution is 7.09. The van der Waals surface area contributed by atoms with Crippen molar-refractivity contribution in [1.29, 1.82) is 0 Å². The molecule has 26 heavy (non-hydrogen) atoms. The molecule has 1 aromatic carbocycles. The number of aromatic nitrogens is 1. The minimum atomic E-state index is 0.117. The summed E-state index contributed by atoms with van der Waals surface area (Å²) in [7, 11) is 0. The largest absolute Gasteiger partial charge is 0.350 e. The second-order valence-corrected chi connectivity index (χ2v) is 7.99. The van der Waals surface area contributed by atoms with E-state index in [9.17, 15) is 9.59 Å². The molecule has 2 aromatic rings. The molecule has 136 valence electrons. The van der Waals surface area contributed by atoms with E-state index in [2.05, 4.69) is 5.32 Å². The Hall–Kier alpha value is -2.21. The molecule has 0 bridgehead atoms. The van der Waals surface area contributed by atoms with Gasteiger partial charge in [0, 0.05) is 35.9 Å². The molecule has 2 fully saturated rings. The summed E-state index contributed by atoms with van der Waals surface area (Å²) in [5.74, 6) is 0.922. The molecule has 1 aromatic heterocycles. The molecule has 4 rings (SSSR count). The van der Waals surface area contributed by atoms with E-state index in [1.54, 1.807) is 11.3 Å². The molecule has 1 aliphatic heterocycles. The molecule has 0 atom stereocenters. The van der Waals surface area contributed by atoms with Crippen LogP contribution in [0.25, 0.3) is 0 Å². The lowest BCUT2D eigenvalue weighted by Gasteiger charge is -2.31. The summed E-state index contributed by atoms with van der Waals surface area (Å²) in [4.78, 5) is 30.9. The van der Waals surface area contributed by atoms with Gasteiger partial charge in [-0.2, -0.15) is 0 Å². The van der Waals surface area contributed by atoms with Crippen LogP contribution >= 0.6 is 11.3 Å². The summed E-state index contributed by atoms with van der Waals surface area (Å²) in [6, 6.07) is 9.48. The number of nitrogens with zero attached hydrogens (tertiary/aromatic N) is 2. The summed E-state index contributed by atoms with van der Waals surface area (Å²) < 4.78 is 0. The van der Waals surface area contributed by atoms with Crippen molar-refractivity contribution in [2.75, 3.05) is 13.1 Å². The van der Waals surface area contributed by atoms with Crippen molar-refractivity contribution in [3.63, 3.8) is 0 Å². The number of amides is 2. The number of nitrogens with one attached hydrogen (secondary N) is 1. The Bertz CT molecular complexity index is 777. The molecule has 2 amide bonds. The van der Waals surface area contributed by atoms with E-state index in [1.165, 1.54) is 0 Å². The van der Waals surface area contributed by atoms with E-state index in [0.717, 1.165) is 55.0 Å². The average molecular weight is 369 g/mol. The molecule has 2 heterocycles. The maximum Gasteiger partial charge on any atom is 0.253 e. The fourth-order valence-corrected chi connectivity index (χ4v) is 4.34. The molecule has 5 nitrogen and oxygen atoms in total. The van der Waals surface area contributed by atoms with Crippen LogP contribution in [0.4, 0.5) is 0 Å². The highest BCUT2D eigenvalue weighted by atomic mass is 32.1. The van der Waals surface area contributed by atoms with Crippen molar-refractivity contribution in [2.24, 2.45) is 5.92 Å². The fraction of sp³-hybridized carbons (Fsp3) is 0.450. The van der Waals surface area contributed by atoms with E-state index < -0.39 is 0 Å². The summed E-state index contributed by atoms with van der Waals surface area (Å²) in [5, 5.41) is 6.15. The number of rotatable bonds is 5. The first-order valence-electron chi connectivity index (χ1n) is 9.27. The van der Waals surface area contributed by atoms with Crippen LogP contribution in [0.3, 0.4) is 0 Å². The van der Waals surface area contributed by atoms with Crippen molar-refractivity contribution >= 4 is 23.2 Å². The van der Waals surface area contributed by atoms with Crippen LogP contribution in [0.1, 0.15) is 52.7 Å². The van der Waals surface area contributed by atoms with Crippen LogP contribution in [0.5, 0.6) is 0 Å². The van der Waals surface area contributed by atoms with Gasteiger partial charge in [0.15, 0.2) is 0 Å². The number of hydrogen-bond acceptors (Lipinski definition) is 4. The van der Waals surface area contributed by atoms with Gasteiger partial charge in [0.1, 0.15) is 0 Å². The quantitative estimate of drug-likeness (QED) is 0.880. The lowest BCUT2D eigenvalue weighted by atomic mass is 9.97. The predicted octanol–water partition coefficient (Wildman–Crippen LogP) is 3.19. The number of carbonyl (C=O) groups is 2. The summed E-state index contributed by atoms with van der Waals surface area (Å²) in [6.45, 7) is 2.06. The zero-order valence-electron chi connectivity index (χ0n) is 14.7. The summed E-state index contributed by atoms with van der Waals surface area (Å²) in [5.41, 5.74) is 1.70. The minimum Gasteiger partial charge on any atom is -0.350 e. The molecule has 0 radical (unpaired) electrons. The van der Waals surface area contributed by atoms with E-state index in [4.69, 9.17) is 4.98 Å². The molecule has 0 unspecified atom stereocenters. The second kappa shape index (κ2) is 7.58. The topological polar surface area (TPSA) is 62.3 Å². The van der Waals surface area contributed by atoms with Gasteiger partial charge < -0.3 is 10.2 Å². The Morgan fingerprint density at radius 1 is 1.12 bits per heavy atom. The van der Waals surface area contributed by atoms with Crippen molar-refractivity contribution < 1.29 is 9.59 Å². The van der Waals surface area contributed by atoms with Crippen molar-refractivity contribution in [2.45, 2.75) is 38.1 Å². The van der Waals surface area contributed by atoms with Gasteiger partial charge in [-0.05, 0) is 37.8 Å². The Morgan fingerprint density at radius 3 is 2.54 bits per heavy atom. The van der Waals surface area contributed by atoms with Crippen LogP contribution in [-0.2, 0) is 11.3 Å². The van der Waals surface area contributed by atoms with Gasteiger partial charge in [-0.3, -0.25) is 9.59 Å². The van der Waals surface area contributed by atoms with Gasteiger partial charge in [0.25, 0.3) is 5.91 Å². The zero-order valence-corrected chi connectivity index (χ0v) is 15.5. The molecule has 1 saturated heterocycles. The number of benzene rings is 1. The average Bonchev–Trinajstić information content (AvgIpc) is 3.44. The van der Waals surface area contributed by atoms with E-state index in [0.29, 0.717) is 12.5 Å². The number of piperidine rings is 1. The van der Waals surface area contributed by atoms with Crippen molar-refractivity contribution in [3.05, 3.63) is 52.0 Å². The maximum atomic E-state index is 12.5. The third-order valence-electron chi connectivity index (χ3n) is 5.11. The van der Waals surface area contributed by atoms with Gasteiger partial charge in [0.05, 0.1) is 17.2 Å². The van der Waals surface area contributed by atoms with E-state index >= 15 is 0 Å². The van der Waals surface area contributed by atoms with Crippen LogP contribution < -0.4 is 5.32 Å². The van der Waals surface area contributed by atoms with Gasteiger partial charge in [-0.1, -0.05) is 18.2 Å². The molecule has 1 saturated carbocycles. The molecule has 6 heteroatoms. The first-order valence-corrected chi connectivity index (χ1v) is 10.1. The van der Waals surface area contributed by atoms with Gasteiger partial charge in [-0.25, -0.2) is 4.98 Å². The minimum absolute atomic E-state index is 0.117. The molecule has 0 spiro atoms. The number of carbonyl (C=O) groups excluding carboxylic acids is 2. The summed E-state index contributed by atoms with van der Waals surface area (Å²) >= 11 is 1.67. The number of likely N-dealkylation sites (tertiary alicyclic amines) is 1. The predicted molar refractivity (Wildman–Crippen MR) is 101 cm³/mol. The van der Waals surface area contributed by atoms with Crippen LogP contribution in [0.15, 0.2) is 35.7 Å². The van der Waals surface area contributed by atoms with Crippen molar-refractivity contribution in [1.82, 2.24) is 15.2 Å². The van der Waals surface area contributed by atoms with Gasteiger partial charge in [0.2, 0.25) is 5.91 Å². The smallest absolute Gasteiger partial charge is 0.253 e. The fourth-order valence-electron chi connectivity index (χ4n) is 3.35. The zero-order chi connectivity index (χ0) is 17.9.